The van der Waals surface area contributed by atoms with E-state index in [1.807, 2.05) is 18.2 Å². The van der Waals surface area contributed by atoms with Gasteiger partial charge in [0.25, 0.3) is 0 Å². The molecule has 0 aliphatic rings. The molecule has 0 aliphatic carbocycles. The zero-order chi connectivity index (χ0) is 8.27. The van der Waals surface area contributed by atoms with E-state index in [1.54, 1.807) is 0 Å². The number of nitrogen functional groups attached to an aromatic ring is 2. The fourth-order valence-corrected chi connectivity index (χ4v) is 0.948. The third-order valence-electron chi connectivity index (χ3n) is 1.68. The van der Waals surface area contributed by atoms with E-state index in [9.17, 15) is 0 Å². The van der Waals surface area contributed by atoms with Crippen molar-refractivity contribution in [2.45, 2.75) is 13.3 Å². The van der Waals surface area contributed by atoms with Crippen molar-refractivity contribution >= 4 is 11.4 Å². The lowest BCUT2D eigenvalue weighted by molar-refractivity contribution is 1.14. The van der Waals surface area contributed by atoms with Crippen LogP contribution in [0.25, 0.3) is 0 Å². The van der Waals surface area contributed by atoms with E-state index < -0.39 is 0 Å². The number of rotatable bonds is 2. The molecule has 5 N–H and O–H groups in total. The van der Waals surface area contributed by atoms with Crippen molar-refractivity contribution in [3.8, 4) is 0 Å². The maximum Gasteiger partial charge on any atom is 0.0718 e. The van der Waals surface area contributed by atoms with Gasteiger partial charge in [-0.3, -0.25) is 5.84 Å². The van der Waals surface area contributed by atoms with E-state index in [4.69, 9.17) is 11.6 Å². The van der Waals surface area contributed by atoms with Gasteiger partial charge in [0.1, 0.15) is 0 Å². The molecule has 0 radical (unpaired) electrons. The largest absolute Gasteiger partial charge is 0.397 e. The van der Waals surface area contributed by atoms with Crippen LogP contribution in [0.1, 0.15) is 12.5 Å². The monoisotopic (exact) mass is 151 g/mol. The van der Waals surface area contributed by atoms with Crippen LogP contribution in [0.15, 0.2) is 18.2 Å². The van der Waals surface area contributed by atoms with E-state index in [0.29, 0.717) is 5.69 Å². The van der Waals surface area contributed by atoms with Crippen LogP contribution in [0, 0.1) is 0 Å². The fourth-order valence-electron chi connectivity index (χ4n) is 0.948. The summed E-state index contributed by atoms with van der Waals surface area (Å²) in [7, 11) is 0. The van der Waals surface area contributed by atoms with Gasteiger partial charge in [0.05, 0.1) is 11.4 Å². The summed E-state index contributed by atoms with van der Waals surface area (Å²) in [6.45, 7) is 2.09. The van der Waals surface area contributed by atoms with Gasteiger partial charge in [-0.05, 0) is 24.1 Å². The number of hydrogen-bond acceptors (Lipinski definition) is 3. The molecule has 0 bridgehead atoms. The first-order valence-electron chi connectivity index (χ1n) is 3.63. The quantitative estimate of drug-likeness (QED) is 0.337. The summed E-state index contributed by atoms with van der Waals surface area (Å²) in [5.74, 6) is 5.24. The molecule has 0 unspecified atom stereocenters. The summed E-state index contributed by atoms with van der Waals surface area (Å²) in [6.07, 6.45) is 0.995. The van der Waals surface area contributed by atoms with Crippen molar-refractivity contribution in [2.24, 2.45) is 5.84 Å². The molecule has 0 aromatic heterocycles. The number of aryl methyl sites for hydroxylation is 1. The molecule has 0 saturated heterocycles. The van der Waals surface area contributed by atoms with Gasteiger partial charge in [0, 0.05) is 0 Å². The van der Waals surface area contributed by atoms with E-state index in [1.165, 1.54) is 5.56 Å². The van der Waals surface area contributed by atoms with Gasteiger partial charge in [-0.15, -0.1) is 0 Å². The average molecular weight is 151 g/mol. The van der Waals surface area contributed by atoms with Gasteiger partial charge in [-0.25, -0.2) is 0 Å². The van der Waals surface area contributed by atoms with Gasteiger partial charge in [-0.1, -0.05) is 13.0 Å². The highest BCUT2D eigenvalue weighted by Crippen LogP contribution is 2.18. The molecule has 3 nitrogen and oxygen atoms in total. The second-order valence-electron chi connectivity index (χ2n) is 2.42. The van der Waals surface area contributed by atoms with Crippen LogP contribution in [-0.2, 0) is 6.42 Å². The lowest BCUT2D eigenvalue weighted by Gasteiger charge is -2.05. The zero-order valence-corrected chi connectivity index (χ0v) is 6.59. The molecule has 11 heavy (non-hydrogen) atoms. The normalized spacial score (nSPS) is 9.64. The molecule has 0 atom stereocenters. The van der Waals surface area contributed by atoms with Gasteiger partial charge < -0.3 is 11.2 Å². The third-order valence-corrected chi connectivity index (χ3v) is 1.68. The number of hydrogen-bond donors (Lipinski definition) is 3. The highest BCUT2D eigenvalue weighted by atomic mass is 15.2. The van der Waals surface area contributed by atoms with Gasteiger partial charge >= 0.3 is 0 Å². The molecule has 0 fully saturated rings. The second kappa shape index (κ2) is 3.25. The molecular weight excluding hydrogens is 138 g/mol. The Balaban J connectivity index is 3.02. The Hall–Kier alpha value is -1.22. The number of anilines is 2. The molecule has 0 spiro atoms. The molecule has 1 rings (SSSR count). The molecule has 1 aromatic rings. The summed E-state index contributed by atoms with van der Waals surface area (Å²) in [4.78, 5) is 0. The van der Waals surface area contributed by atoms with Crippen molar-refractivity contribution in [2.75, 3.05) is 11.2 Å². The van der Waals surface area contributed by atoms with Crippen molar-refractivity contribution in [3.63, 3.8) is 0 Å². The van der Waals surface area contributed by atoms with Crippen molar-refractivity contribution in [1.82, 2.24) is 0 Å². The zero-order valence-electron chi connectivity index (χ0n) is 6.59. The summed E-state index contributed by atoms with van der Waals surface area (Å²) in [5.41, 5.74) is 10.9. The molecule has 0 amide bonds. The van der Waals surface area contributed by atoms with Crippen LogP contribution in [0.2, 0.25) is 0 Å². The topological polar surface area (TPSA) is 64.1 Å². The third kappa shape index (κ3) is 1.62. The Morgan fingerprint density at radius 3 is 2.73 bits per heavy atom. The minimum atomic E-state index is 0.685. The second-order valence-corrected chi connectivity index (χ2v) is 2.42. The molecule has 3 heteroatoms. The molecule has 0 aliphatic heterocycles. The summed E-state index contributed by atoms with van der Waals surface area (Å²) in [5, 5.41) is 0. The molecule has 0 saturated carbocycles. The van der Waals surface area contributed by atoms with E-state index >= 15 is 0 Å². The highest BCUT2D eigenvalue weighted by Gasteiger charge is 1.96. The lowest BCUT2D eigenvalue weighted by Crippen LogP contribution is -2.09. The molecule has 60 valence electrons. The SMILES string of the molecule is CCc1ccc(N)c(NN)c1. The van der Waals surface area contributed by atoms with Crippen LogP contribution < -0.4 is 17.0 Å². The first-order valence-corrected chi connectivity index (χ1v) is 3.63. The Bertz CT molecular complexity index is 245. The first kappa shape index (κ1) is 7.88. The van der Waals surface area contributed by atoms with Crippen molar-refractivity contribution in [1.29, 1.82) is 0 Å². The molecule has 0 heterocycles. The predicted octanol–water partition coefficient (Wildman–Crippen LogP) is 1.12. The highest BCUT2D eigenvalue weighted by molar-refractivity contribution is 5.66. The Morgan fingerprint density at radius 2 is 2.18 bits per heavy atom. The van der Waals surface area contributed by atoms with Crippen LogP contribution in [0.3, 0.4) is 0 Å². The van der Waals surface area contributed by atoms with Gasteiger partial charge in [-0.2, -0.15) is 0 Å². The van der Waals surface area contributed by atoms with E-state index in [0.717, 1.165) is 12.1 Å². The number of nitrogens with one attached hydrogen (secondary N) is 1. The summed E-state index contributed by atoms with van der Waals surface area (Å²) < 4.78 is 0. The standard InChI is InChI=1S/C8H13N3/c1-2-6-3-4-7(9)8(5-6)11-10/h3-5,11H,2,9-10H2,1H3. The summed E-state index contributed by atoms with van der Waals surface area (Å²) >= 11 is 0. The van der Waals surface area contributed by atoms with Crippen molar-refractivity contribution < 1.29 is 0 Å². The van der Waals surface area contributed by atoms with Crippen LogP contribution >= 0.6 is 0 Å². The molecular formula is C8H13N3. The van der Waals surface area contributed by atoms with E-state index in [2.05, 4.69) is 12.3 Å². The lowest BCUT2D eigenvalue weighted by atomic mass is 10.1. The maximum atomic E-state index is 5.61. The van der Waals surface area contributed by atoms with Crippen LogP contribution in [0.5, 0.6) is 0 Å². The minimum Gasteiger partial charge on any atom is -0.397 e. The van der Waals surface area contributed by atoms with Crippen LogP contribution in [-0.4, -0.2) is 0 Å². The average Bonchev–Trinajstić information content (AvgIpc) is 2.05. The Kier molecular flexibility index (Phi) is 2.33. The Labute approximate surface area is 66.4 Å². The smallest absolute Gasteiger partial charge is 0.0718 e. The minimum absolute atomic E-state index is 0.685. The number of hydrazine groups is 1. The fraction of sp³-hybridized carbons (Fsp3) is 0.250. The van der Waals surface area contributed by atoms with Gasteiger partial charge in [0.2, 0.25) is 0 Å². The first-order chi connectivity index (χ1) is 5.27. The summed E-state index contributed by atoms with van der Waals surface area (Å²) in [6, 6.07) is 5.81. The van der Waals surface area contributed by atoms with E-state index in [-0.39, 0.29) is 0 Å². The number of nitrogens with two attached hydrogens (primary N) is 2. The van der Waals surface area contributed by atoms with Gasteiger partial charge in [0.15, 0.2) is 0 Å². The number of benzene rings is 1. The Morgan fingerprint density at radius 1 is 1.45 bits per heavy atom. The molecule has 1 aromatic carbocycles. The van der Waals surface area contributed by atoms with Crippen LogP contribution in [0.4, 0.5) is 11.4 Å². The maximum absolute atomic E-state index is 5.61. The van der Waals surface area contributed by atoms with Crippen molar-refractivity contribution in [3.05, 3.63) is 23.8 Å². The predicted molar refractivity (Wildman–Crippen MR) is 48.0 cm³/mol.